The van der Waals surface area contributed by atoms with E-state index in [1.165, 1.54) is 4.90 Å². The molecule has 1 aromatic carbocycles. The van der Waals surface area contributed by atoms with Crippen LogP contribution in [-0.4, -0.2) is 9.97 Å². The number of hydrogen-bond acceptors (Lipinski definition) is 3. The molecule has 100 valence electrons. The van der Waals surface area contributed by atoms with Gasteiger partial charge in [-0.2, -0.15) is 0 Å². The van der Waals surface area contributed by atoms with Crippen LogP contribution in [-0.2, 0) is 12.2 Å². The van der Waals surface area contributed by atoms with Crippen molar-refractivity contribution >= 4 is 55.8 Å². The minimum Gasteiger partial charge on any atom is -0.345 e. The lowest BCUT2D eigenvalue weighted by Crippen LogP contribution is -1.99. The molecule has 1 aromatic heterocycles. The van der Waals surface area contributed by atoms with Gasteiger partial charge in [0.05, 0.1) is 10.2 Å². The molecule has 0 atom stereocenters. The summed E-state index contributed by atoms with van der Waals surface area (Å²) in [4.78, 5) is 8.93. The fraction of sp³-hybridized carbons (Fsp3) is 0.231. The summed E-state index contributed by atoms with van der Waals surface area (Å²) in [6.07, 6.45) is 0.904. The molecule has 0 aliphatic carbocycles. The zero-order valence-electron chi connectivity index (χ0n) is 10.2. The maximum absolute atomic E-state index is 5.25. The van der Waals surface area contributed by atoms with Gasteiger partial charge in [-0.25, -0.2) is 4.98 Å². The minimum atomic E-state index is 0.625. The van der Waals surface area contributed by atoms with Crippen molar-refractivity contribution in [2.24, 2.45) is 0 Å². The zero-order chi connectivity index (χ0) is 13.8. The summed E-state index contributed by atoms with van der Waals surface area (Å²) in [5.74, 6) is 1.69. The molecule has 0 aliphatic heterocycles. The van der Waals surface area contributed by atoms with Gasteiger partial charge in [-0.05, 0) is 40.5 Å². The topological polar surface area (TPSA) is 28.7 Å². The molecule has 19 heavy (non-hydrogen) atoms. The standard InChI is InChI=1S/C13H12Br2N2S2/c1-2-10-12(15)13(18)17-11(16-10)7-19-9-5-3-4-8(14)6-9/h3-6H,2,7H2,1H3,(H,16,17,18). The number of aryl methyl sites for hydroxylation is 1. The number of hydrogen-bond donors (Lipinski definition) is 1. The molecule has 0 spiro atoms. The first-order valence-corrected chi connectivity index (χ1v) is 8.74. The minimum absolute atomic E-state index is 0.625. The predicted molar refractivity (Wildman–Crippen MR) is 90.2 cm³/mol. The van der Waals surface area contributed by atoms with E-state index in [9.17, 15) is 0 Å². The second-order valence-electron chi connectivity index (χ2n) is 3.88. The van der Waals surface area contributed by atoms with Crippen LogP contribution in [0.15, 0.2) is 38.1 Å². The van der Waals surface area contributed by atoms with Crippen LogP contribution in [0.3, 0.4) is 0 Å². The Morgan fingerprint density at radius 1 is 1.37 bits per heavy atom. The van der Waals surface area contributed by atoms with Gasteiger partial charge in [0.1, 0.15) is 10.5 Å². The number of aromatic nitrogens is 2. The molecule has 6 heteroatoms. The monoisotopic (exact) mass is 418 g/mol. The van der Waals surface area contributed by atoms with Crippen LogP contribution in [0.2, 0.25) is 0 Å². The zero-order valence-corrected chi connectivity index (χ0v) is 15.0. The van der Waals surface area contributed by atoms with Gasteiger partial charge in [0.2, 0.25) is 0 Å². The van der Waals surface area contributed by atoms with Gasteiger partial charge in [-0.1, -0.05) is 41.1 Å². The summed E-state index contributed by atoms with van der Waals surface area (Å²) in [6, 6.07) is 8.23. The average Bonchev–Trinajstić information content (AvgIpc) is 2.40. The van der Waals surface area contributed by atoms with E-state index in [2.05, 4.69) is 60.9 Å². The van der Waals surface area contributed by atoms with E-state index in [0.29, 0.717) is 4.64 Å². The van der Waals surface area contributed by atoms with Gasteiger partial charge < -0.3 is 4.98 Å². The summed E-state index contributed by atoms with van der Waals surface area (Å²) < 4.78 is 2.62. The third-order valence-electron chi connectivity index (χ3n) is 2.51. The third kappa shape index (κ3) is 4.15. The van der Waals surface area contributed by atoms with Gasteiger partial charge >= 0.3 is 0 Å². The van der Waals surface area contributed by atoms with Gasteiger partial charge in [0, 0.05) is 15.1 Å². The number of thioether (sulfide) groups is 1. The van der Waals surface area contributed by atoms with Crippen LogP contribution < -0.4 is 0 Å². The Balaban J connectivity index is 2.16. The highest BCUT2D eigenvalue weighted by Gasteiger charge is 2.05. The normalized spacial score (nSPS) is 10.7. The molecule has 1 heterocycles. The number of rotatable bonds is 4. The summed E-state index contributed by atoms with van der Waals surface area (Å²) in [5, 5.41) is 0. The molecule has 0 aliphatic rings. The lowest BCUT2D eigenvalue weighted by Gasteiger charge is -2.07. The van der Waals surface area contributed by atoms with Crippen molar-refractivity contribution in [1.82, 2.24) is 9.97 Å². The Labute approximate surface area is 138 Å². The molecule has 1 N–H and O–H groups in total. The molecular formula is C13H12Br2N2S2. The van der Waals surface area contributed by atoms with Crippen molar-refractivity contribution in [3.05, 3.63) is 49.4 Å². The highest BCUT2D eigenvalue weighted by Crippen LogP contribution is 2.25. The Morgan fingerprint density at radius 2 is 2.16 bits per heavy atom. The molecule has 0 fully saturated rings. The van der Waals surface area contributed by atoms with E-state index >= 15 is 0 Å². The number of halogens is 2. The van der Waals surface area contributed by atoms with Crippen LogP contribution in [0.4, 0.5) is 0 Å². The quantitative estimate of drug-likeness (QED) is 0.522. The van der Waals surface area contributed by atoms with Gasteiger partial charge in [0.25, 0.3) is 0 Å². The molecule has 2 aromatic rings. The number of H-pyrrole nitrogens is 1. The average molecular weight is 420 g/mol. The van der Waals surface area contributed by atoms with Crippen molar-refractivity contribution in [3.63, 3.8) is 0 Å². The summed E-state index contributed by atoms with van der Waals surface area (Å²) in [6.45, 7) is 2.09. The maximum Gasteiger partial charge on any atom is 0.144 e. The van der Waals surface area contributed by atoms with E-state index < -0.39 is 0 Å². The second-order valence-corrected chi connectivity index (χ2v) is 7.02. The molecule has 0 radical (unpaired) electrons. The molecule has 0 saturated carbocycles. The molecule has 0 amide bonds. The lowest BCUT2D eigenvalue weighted by atomic mass is 10.3. The summed E-state index contributed by atoms with van der Waals surface area (Å²) in [5.41, 5.74) is 1.10. The first kappa shape index (κ1) is 15.2. The van der Waals surface area contributed by atoms with Gasteiger partial charge in [-0.15, -0.1) is 11.8 Å². The van der Waals surface area contributed by atoms with Crippen LogP contribution >= 0.6 is 55.8 Å². The second kappa shape index (κ2) is 7.02. The Bertz CT molecular complexity index is 641. The fourth-order valence-corrected chi connectivity index (χ4v) is 3.66. The van der Waals surface area contributed by atoms with E-state index in [0.717, 1.165) is 32.6 Å². The van der Waals surface area contributed by atoms with Gasteiger partial charge in [-0.3, -0.25) is 0 Å². The maximum atomic E-state index is 5.25. The predicted octanol–water partition coefficient (Wildman–Crippen LogP) is 5.52. The van der Waals surface area contributed by atoms with E-state index in [4.69, 9.17) is 12.2 Å². The lowest BCUT2D eigenvalue weighted by molar-refractivity contribution is 0.920. The first-order valence-electron chi connectivity index (χ1n) is 5.76. The fourth-order valence-electron chi connectivity index (χ4n) is 1.58. The Hall–Kier alpha value is -0.170. The number of aromatic amines is 1. The van der Waals surface area contributed by atoms with E-state index in [1.54, 1.807) is 11.8 Å². The van der Waals surface area contributed by atoms with Gasteiger partial charge in [0.15, 0.2) is 0 Å². The summed E-state index contributed by atoms with van der Waals surface area (Å²) in [7, 11) is 0. The molecule has 2 rings (SSSR count). The van der Waals surface area contributed by atoms with Crippen molar-refractivity contribution in [2.45, 2.75) is 24.0 Å². The summed E-state index contributed by atoms with van der Waals surface area (Å²) >= 11 is 13.9. The smallest absolute Gasteiger partial charge is 0.144 e. The van der Waals surface area contributed by atoms with Crippen LogP contribution in [0.5, 0.6) is 0 Å². The highest BCUT2D eigenvalue weighted by atomic mass is 79.9. The van der Waals surface area contributed by atoms with Crippen molar-refractivity contribution < 1.29 is 0 Å². The highest BCUT2D eigenvalue weighted by molar-refractivity contribution is 9.10. The van der Waals surface area contributed by atoms with Crippen molar-refractivity contribution in [1.29, 1.82) is 0 Å². The molecular weight excluding hydrogens is 408 g/mol. The largest absolute Gasteiger partial charge is 0.345 e. The number of nitrogens with zero attached hydrogens (tertiary/aromatic N) is 1. The van der Waals surface area contributed by atoms with Crippen LogP contribution in [0.25, 0.3) is 0 Å². The molecule has 0 saturated heterocycles. The number of benzene rings is 1. The Morgan fingerprint density at radius 3 is 2.84 bits per heavy atom. The van der Waals surface area contributed by atoms with Crippen molar-refractivity contribution in [2.75, 3.05) is 0 Å². The van der Waals surface area contributed by atoms with E-state index in [1.807, 2.05) is 12.1 Å². The molecule has 0 bridgehead atoms. The molecule has 2 nitrogen and oxygen atoms in total. The third-order valence-corrected chi connectivity index (χ3v) is 5.42. The SMILES string of the molecule is CCc1[nH]c(CSc2cccc(Br)c2)nc(=S)c1Br. The van der Waals surface area contributed by atoms with E-state index in [-0.39, 0.29) is 0 Å². The Kier molecular flexibility index (Phi) is 5.62. The number of nitrogens with one attached hydrogen (secondary N) is 1. The van der Waals surface area contributed by atoms with Crippen LogP contribution in [0.1, 0.15) is 18.4 Å². The van der Waals surface area contributed by atoms with Crippen LogP contribution in [0, 0.1) is 4.64 Å². The molecule has 0 unspecified atom stereocenters. The first-order chi connectivity index (χ1) is 9.10. The van der Waals surface area contributed by atoms with Crippen molar-refractivity contribution in [3.8, 4) is 0 Å².